The smallest absolute Gasteiger partial charge is 0.322 e. The molecule has 1 saturated carbocycles. The summed E-state index contributed by atoms with van der Waals surface area (Å²) in [6.07, 6.45) is 2.86. The normalized spacial score (nSPS) is 14.3. The molecule has 1 atom stereocenters. The van der Waals surface area contributed by atoms with Crippen LogP contribution in [0, 0.1) is 11.8 Å². The SMILES string of the molecule is CC(C)CC(=O)Nc1ccc(NC(=O)N(Cc2ccccc2)C(C)C2CC2)cc1. The second kappa shape index (κ2) is 9.59. The number of anilines is 2. The lowest BCUT2D eigenvalue weighted by atomic mass is 10.1. The Morgan fingerprint density at radius 2 is 1.52 bits per heavy atom. The Morgan fingerprint density at radius 3 is 2.07 bits per heavy atom. The Morgan fingerprint density at radius 1 is 0.931 bits per heavy atom. The van der Waals surface area contributed by atoms with E-state index in [1.165, 1.54) is 12.8 Å². The minimum absolute atomic E-state index is 0.00378. The number of hydrogen-bond acceptors (Lipinski definition) is 2. The molecule has 1 aliphatic rings. The van der Waals surface area contributed by atoms with Crippen LogP contribution < -0.4 is 10.6 Å². The second-order valence-corrected chi connectivity index (χ2v) is 8.35. The molecule has 2 N–H and O–H groups in total. The van der Waals surface area contributed by atoms with Crippen LogP contribution in [0.1, 0.15) is 45.6 Å². The lowest BCUT2D eigenvalue weighted by Crippen LogP contribution is -2.42. The van der Waals surface area contributed by atoms with Crippen molar-refractivity contribution in [2.24, 2.45) is 11.8 Å². The number of hydrogen-bond donors (Lipinski definition) is 2. The van der Waals surface area contributed by atoms with Gasteiger partial charge in [0.25, 0.3) is 0 Å². The second-order valence-electron chi connectivity index (χ2n) is 8.35. The minimum atomic E-state index is -0.0927. The van der Waals surface area contributed by atoms with Gasteiger partial charge >= 0.3 is 6.03 Å². The number of rotatable bonds is 8. The van der Waals surface area contributed by atoms with Crippen molar-refractivity contribution >= 4 is 23.3 Å². The maximum Gasteiger partial charge on any atom is 0.322 e. The fraction of sp³-hybridized carbons (Fsp3) is 0.417. The Labute approximate surface area is 173 Å². The maximum atomic E-state index is 13.0. The summed E-state index contributed by atoms with van der Waals surface area (Å²) >= 11 is 0. The molecule has 0 saturated heterocycles. The summed E-state index contributed by atoms with van der Waals surface area (Å²) in [4.78, 5) is 26.8. The average molecular weight is 394 g/mol. The van der Waals surface area contributed by atoms with Gasteiger partial charge in [0.1, 0.15) is 0 Å². The Bertz CT molecular complexity index is 814. The van der Waals surface area contributed by atoms with Crippen LogP contribution in [0.15, 0.2) is 54.6 Å². The molecule has 0 spiro atoms. The molecule has 1 aliphatic carbocycles. The third kappa shape index (κ3) is 6.34. The lowest BCUT2D eigenvalue weighted by molar-refractivity contribution is -0.116. The number of amides is 3. The van der Waals surface area contributed by atoms with Crippen molar-refractivity contribution in [3.05, 3.63) is 60.2 Å². The molecule has 5 heteroatoms. The molecule has 1 fully saturated rings. The van der Waals surface area contributed by atoms with Gasteiger partial charge in [-0.25, -0.2) is 4.79 Å². The molecule has 0 aliphatic heterocycles. The monoisotopic (exact) mass is 393 g/mol. The molecule has 3 rings (SSSR count). The number of nitrogens with zero attached hydrogens (tertiary/aromatic N) is 1. The molecular formula is C24H31N3O2. The van der Waals surface area contributed by atoms with E-state index in [2.05, 4.69) is 29.7 Å². The van der Waals surface area contributed by atoms with E-state index in [4.69, 9.17) is 0 Å². The predicted octanol–water partition coefficient (Wildman–Crippen LogP) is 5.50. The number of carbonyl (C=O) groups is 2. The fourth-order valence-corrected chi connectivity index (χ4v) is 3.43. The molecule has 2 aromatic rings. The van der Waals surface area contributed by atoms with Crippen LogP contribution in [0.2, 0.25) is 0 Å². The zero-order chi connectivity index (χ0) is 20.8. The summed E-state index contributed by atoms with van der Waals surface area (Å²) in [5, 5.41) is 5.90. The highest BCUT2D eigenvalue weighted by molar-refractivity contribution is 5.92. The van der Waals surface area contributed by atoms with Crippen molar-refractivity contribution in [1.29, 1.82) is 0 Å². The van der Waals surface area contributed by atoms with Crippen LogP contribution in [0.5, 0.6) is 0 Å². The van der Waals surface area contributed by atoms with E-state index in [0.717, 1.165) is 16.9 Å². The van der Waals surface area contributed by atoms with Gasteiger partial charge < -0.3 is 15.5 Å². The Hall–Kier alpha value is -2.82. The van der Waals surface area contributed by atoms with Crippen molar-refractivity contribution < 1.29 is 9.59 Å². The highest BCUT2D eigenvalue weighted by Gasteiger charge is 2.34. The van der Waals surface area contributed by atoms with E-state index in [1.807, 2.05) is 61.2 Å². The number of urea groups is 1. The first-order chi connectivity index (χ1) is 13.9. The van der Waals surface area contributed by atoms with Gasteiger partial charge in [-0.3, -0.25) is 4.79 Å². The summed E-state index contributed by atoms with van der Waals surface area (Å²) in [5.41, 5.74) is 2.58. The van der Waals surface area contributed by atoms with Gasteiger partial charge in [-0.05, 0) is 61.4 Å². The van der Waals surface area contributed by atoms with E-state index in [9.17, 15) is 9.59 Å². The van der Waals surface area contributed by atoms with E-state index in [0.29, 0.717) is 24.8 Å². The third-order valence-electron chi connectivity index (χ3n) is 5.27. The van der Waals surface area contributed by atoms with Gasteiger partial charge in [-0.2, -0.15) is 0 Å². The number of benzene rings is 2. The topological polar surface area (TPSA) is 61.4 Å². The predicted molar refractivity (Wildman–Crippen MR) is 118 cm³/mol. The van der Waals surface area contributed by atoms with Crippen LogP contribution in [0.25, 0.3) is 0 Å². The average Bonchev–Trinajstić information content (AvgIpc) is 3.52. The van der Waals surface area contributed by atoms with Crippen molar-refractivity contribution in [3.63, 3.8) is 0 Å². The quantitative estimate of drug-likeness (QED) is 0.622. The first-order valence-corrected chi connectivity index (χ1v) is 10.4. The molecule has 3 amide bonds. The zero-order valence-corrected chi connectivity index (χ0v) is 17.5. The molecule has 154 valence electrons. The largest absolute Gasteiger partial charge is 0.326 e. The van der Waals surface area contributed by atoms with Crippen molar-refractivity contribution in [2.45, 2.75) is 52.6 Å². The van der Waals surface area contributed by atoms with Crippen LogP contribution in [0.3, 0.4) is 0 Å². The Kier molecular flexibility index (Phi) is 6.91. The molecule has 0 bridgehead atoms. The van der Waals surface area contributed by atoms with Crippen LogP contribution in [0.4, 0.5) is 16.2 Å². The van der Waals surface area contributed by atoms with Gasteiger partial charge in [0, 0.05) is 30.4 Å². The van der Waals surface area contributed by atoms with Gasteiger partial charge in [-0.15, -0.1) is 0 Å². The van der Waals surface area contributed by atoms with Crippen LogP contribution in [-0.4, -0.2) is 22.9 Å². The zero-order valence-electron chi connectivity index (χ0n) is 17.5. The molecule has 0 radical (unpaired) electrons. The van der Waals surface area contributed by atoms with E-state index >= 15 is 0 Å². The molecule has 0 heterocycles. The van der Waals surface area contributed by atoms with E-state index in [1.54, 1.807) is 0 Å². The van der Waals surface area contributed by atoms with Crippen molar-refractivity contribution in [2.75, 3.05) is 10.6 Å². The third-order valence-corrected chi connectivity index (χ3v) is 5.27. The summed E-state index contributed by atoms with van der Waals surface area (Å²) in [5.74, 6) is 0.907. The number of nitrogens with one attached hydrogen (secondary N) is 2. The van der Waals surface area contributed by atoms with Crippen molar-refractivity contribution in [3.8, 4) is 0 Å². The lowest BCUT2D eigenvalue weighted by Gasteiger charge is -2.30. The van der Waals surface area contributed by atoms with Gasteiger partial charge in [0.15, 0.2) is 0 Å². The maximum absolute atomic E-state index is 13.0. The van der Waals surface area contributed by atoms with Crippen LogP contribution >= 0.6 is 0 Å². The summed E-state index contributed by atoms with van der Waals surface area (Å²) < 4.78 is 0. The summed E-state index contributed by atoms with van der Waals surface area (Å²) in [6.45, 7) is 6.76. The van der Waals surface area contributed by atoms with Gasteiger partial charge in [0.05, 0.1) is 0 Å². The fourth-order valence-electron chi connectivity index (χ4n) is 3.43. The Balaban J connectivity index is 1.63. The molecular weight excluding hydrogens is 362 g/mol. The molecule has 0 aromatic heterocycles. The molecule has 2 aromatic carbocycles. The summed E-state index contributed by atoms with van der Waals surface area (Å²) in [6, 6.07) is 17.5. The van der Waals surface area contributed by atoms with Crippen molar-refractivity contribution in [1.82, 2.24) is 4.90 Å². The molecule has 1 unspecified atom stereocenters. The summed E-state index contributed by atoms with van der Waals surface area (Å²) in [7, 11) is 0. The first-order valence-electron chi connectivity index (χ1n) is 10.4. The standard InChI is InChI=1S/C24H31N3O2/c1-17(2)15-23(28)25-21-11-13-22(14-12-21)26-24(29)27(18(3)20-9-10-20)16-19-7-5-4-6-8-19/h4-8,11-14,17-18,20H,9-10,15-16H2,1-3H3,(H,25,28)(H,26,29). The number of carbonyl (C=O) groups excluding carboxylic acids is 2. The van der Waals surface area contributed by atoms with Gasteiger partial charge in [0.2, 0.25) is 5.91 Å². The van der Waals surface area contributed by atoms with E-state index in [-0.39, 0.29) is 18.0 Å². The highest BCUT2D eigenvalue weighted by atomic mass is 16.2. The molecule has 29 heavy (non-hydrogen) atoms. The van der Waals surface area contributed by atoms with E-state index < -0.39 is 0 Å². The minimum Gasteiger partial charge on any atom is -0.326 e. The molecule has 5 nitrogen and oxygen atoms in total. The highest BCUT2D eigenvalue weighted by Crippen LogP contribution is 2.36. The van der Waals surface area contributed by atoms with Crippen LogP contribution in [-0.2, 0) is 11.3 Å². The first kappa shape index (κ1) is 20.9. The van der Waals surface area contributed by atoms with Gasteiger partial charge in [-0.1, -0.05) is 44.2 Å².